The first kappa shape index (κ1) is 11.8. The Morgan fingerprint density at radius 1 is 1.27 bits per heavy atom. The van der Waals surface area contributed by atoms with Gasteiger partial charge in [0, 0.05) is 6.42 Å². The average molecular weight is 212 g/mol. The molecule has 0 atom stereocenters. The molecule has 82 valence electrons. The molecule has 3 heteroatoms. The summed E-state index contributed by atoms with van der Waals surface area (Å²) in [5, 5.41) is 0. The van der Waals surface area contributed by atoms with Crippen LogP contribution in [0.4, 0.5) is 8.78 Å². The Bertz CT molecular complexity index is 360. The molecule has 1 nitrogen and oxygen atoms in total. The van der Waals surface area contributed by atoms with E-state index in [2.05, 4.69) is 0 Å². The number of rotatable bonds is 3. The van der Waals surface area contributed by atoms with Crippen molar-refractivity contribution in [3.8, 4) is 0 Å². The van der Waals surface area contributed by atoms with Crippen LogP contribution >= 0.6 is 0 Å². The van der Waals surface area contributed by atoms with E-state index in [9.17, 15) is 13.6 Å². The van der Waals surface area contributed by atoms with Crippen molar-refractivity contribution >= 4 is 5.78 Å². The van der Waals surface area contributed by atoms with Gasteiger partial charge in [-0.1, -0.05) is 13.8 Å². The number of ketones is 1. The lowest BCUT2D eigenvalue weighted by molar-refractivity contribution is 0.0959. The lowest BCUT2D eigenvalue weighted by Gasteiger charge is -2.07. The van der Waals surface area contributed by atoms with Crippen LogP contribution in [0.5, 0.6) is 0 Å². The molecule has 1 aromatic carbocycles. The van der Waals surface area contributed by atoms with Crippen molar-refractivity contribution in [2.24, 2.45) is 5.92 Å². The zero-order chi connectivity index (χ0) is 11.6. The third-order valence-corrected chi connectivity index (χ3v) is 2.06. The molecule has 1 aromatic rings. The molecule has 0 saturated heterocycles. The van der Waals surface area contributed by atoms with E-state index in [0.29, 0.717) is 5.56 Å². The van der Waals surface area contributed by atoms with Gasteiger partial charge in [0.25, 0.3) is 0 Å². The Kier molecular flexibility index (Phi) is 3.56. The van der Waals surface area contributed by atoms with E-state index >= 15 is 0 Å². The van der Waals surface area contributed by atoms with Crippen LogP contribution in [-0.2, 0) is 0 Å². The highest BCUT2D eigenvalue weighted by Gasteiger charge is 2.18. The molecule has 0 radical (unpaired) electrons. The topological polar surface area (TPSA) is 17.1 Å². The molecule has 0 fully saturated rings. The summed E-state index contributed by atoms with van der Waals surface area (Å²) in [7, 11) is 0. The minimum Gasteiger partial charge on any atom is -0.294 e. The van der Waals surface area contributed by atoms with E-state index in [0.717, 1.165) is 0 Å². The van der Waals surface area contributed by atoms with Gasteiger partial charge in [-0.2, -0.15) is 0 Å². The molecule has 0 aliphatic rings. The lowest BCUT2D eigenvalue weighted by Crippen LogP contribution is -2.09. The van der Waals surface area contributed by atoms with Crippen molar-refractivity contribution in [1.29, 1.82) is 0 Å². The maximum Gasteiger partial charge on any atom is 0.169 e. The number of carbonyl (C=O) groups excluding carboxylic acids is 1. The summed E-state index contributed by atoms with van der Waals surface area (Å²) >= 11 is 0. The summed E-state index contributed by atoms with van der Waals surface area (Å²) in [5.74, 6) is -1.91. The highest BCUT2D eigenvalue weighted by atomic mass is 19.1. The summed E-state index contributed by atoms with van der Waals surface area (Å²) < 4.78 is 26.7. The quantitative estimate of drug-likeness (QED) is 0.701. The fraction of sp³-hybridized carbons (Fsp3) is 0.417. The van der Waals surface area contributed by atoms with Crippen molar-refractivity contribution in [3.63, 3.8) is 0 Å². The first-order valence-electron chi connectivity index (χ1n) is 4.90. The Morgan fingerprint density at radius 2 is 1.73 bits per heavy atom. The van der Waals surface area contributed by atoms with Gasteiger partial charge in [0.2, 0.25) is 0 Å². The number of benzene rings is 1. The fourth-order valence-electron chi connectivity index (χ4n) is 1.44. The lowest BCUT2D eigenvalue weighted by atomic mass is 9.99. The molecule has 0 aliphatic heterocycles. The molecule has 0 N–H and O–H groups in total. The highest BCUT2D eigenvalue weighted by Crippen LogP contribution is 2.18. The van der Waals surface area contributed by atoms with Gasteiger partial charge in [-0.15, -0.1) is 0 Å². The largest absolute Gasteiger partial charge is 0.294 e. The third-order valence-electron chi connectivity index (χ3n) is 2.06. The normalized spacial score (nSPS) is 10.8. The van der Waals surface area contributed by atoms with Crippen LogP contribution in [-0.4, -0.2) is 5.78 Å². The Hall–Kier alpha value is -1.25. The first-order chi connectivity index (χ1) is 6.91. The van der Waals surface area contributed by atoms with Crippen molar-refractivity contribution in [2.75, 3.05) is 0 Å². The van der Waals surface area contributed by atoms with E-state index in [-0.39, 0.29) is 12.3 Å². The van der Waals surface area contributed by atoms with Crippen LogP contribution in [0.15, 0.2) is 12.1 Å². The standard InChI is InChI=1S/C12H14F2O/c1-7(2)4-11(15)12-9(13)5-8(3)6-10(12)14/h5-7H,4H2,1-3H3. The van der Waals surface area contributed by atoms with E-state index in [1.165, 1.54) is 12.1 Å². The Morgan fingerprint density at radius 3 is 2.13 bits per heavy atom. The van der Waals surface area contributed by atoms with Crippen molar-refractivity contribution in [1.82, 2.24) is 0 Å². The number of Topliss-reactive ketones (excluding diaryl/α,β-unsaturated/α-hetero) is 1. The molecule has 15 heavy (non-hydrogen) atoms. The number of hydrogen-bond acceptors (Lipinski definition) is 1. The van der Waals surface area contributed by atoms with Gasteiger partial charge in [-0.3, -0.25) is 4.79 Å². The minimum atomic E-state index is -0.766. The van der Waals surface area contributed by atoms with Crippen molar-refractivity contribution < 1.29 is 13.6 Å². The predicted octanol–water partition coefficient (Wildman–Crippen LogP) is 3.50. The number of halogens is 2. The van der Waals surface area contributed by atoms with Crippen LogP contribution in [0.2, 0.25) is 0 Å². The van der Waals surface area contributed by atoms with Gasteiger partial charge in [0.15, 0.2) is 5.78 Å². The Labute approximate surface area is 88.1 Å². The van der Waals surface area contributed by atoms with Crippen molar-refractivity contribution in [3.05, 3.63) is 34.9 Å². The van der Waals surface area contributed by atoms with Gasteiger partial charge in [0.1, 0.15) is 11.6 Å². The van der Waals surface area contributed by atoms with Gasteiger partial charge < -0.3 is 0 Å². The molecule has 0 bridgehead atoms. The minimum absolute atomic E-state index is 0.0950. The summed E-state index contributed by atoms with van der Waals surface area (Å²) in [5.41, 5.74) is 0.0698. The zero-order valence-electron chi connectivity index (χ0n) is 9.10. The second kappa shape index (κ2) is 4.51. The first-order valence-corrected chi connectivity index (χ1v) is 4.90. The van der Waals surface area contributed by atoms with Gasteiger partial charge in [-0.25, -0.2) is 8.78 Å². The highest BCUT2D eigenvalue weighted by molar-refractivity contribution is 5.96. The van der Waals surface area contributed by atoms with Crippen LogP contribution in [0, 0.1) is 24.5 Å². The SMILES string of the molecule is Cc1cc(F)c(C(=O)CC(C)C)c(F)c1. The summed E-state index contributed by atoms with van der Waals surface area (Å²) in [6.07, 6.45) is 0.164. The van der Waals surface area contributed by atoms with Crippen LogP contribution < -0.4 is 0 Å². The predicted molar refractivity (Wildman–Crippen MR) is 54.9 cm³/mol. The third kappa shape index (κ3) is 2.85. The van der Waals surface area contributed by atoms with Crippen LogP contribution in [0.1, 0.15) is 36.2 Å². The van der Waals surface area contributed by atoms with Gasteiger partial charge >= 0.3 is 0 Å². The molecular formula is C12H14F2O. The zero-order valence-corrected chi connectivity index (χ0v) is 9.10. The van der Waals surface area contributed by atoms with E-state index in [1.54, 1.807) is 6.92 Å². The maximum absolute atomic E-state index is 13.4. The molecule has 0 spiro atoms. The molecular weight excluding hydrogens is 198 g/mol. The molecule has 0 aromatic heterocycles. The monoisotopic (exact) mass is 212 g/mol. The van der Waals surface area contributed by atoms with E-state index in [4.69, 9.17) is 0 Å². The van der Waals surface area contributed by atoms with E-state index in [1.807, 2.05) is 13.8 Å². The summed E-state index contributed by atoms with van der Waals surface area (Å²) in [4.78, 5) is 11.5. The van der Waals surface area contributed by atoms with Gasteiger partial charge in [0.05, 0.1) is 5.56 Å². The Balaban J connectivity index is 3.09. The summed E-state index contributed by atoms with van der Waals surface area (Å²) in [6.45, 7) is 5.26. The molecule has 0 saturated carbocycles. The second-order valence-electron chi connectivity index (χ2n) is 4.12. The van der Waals surface area contributed by atoms with Crippen LogP contribution in [0.3, 0.4) is 0 Å². The second-order valence-corrected chi connectivity index (χ2v) is 4.12. The van der Waals surface area contributed by atoms with Crippen LogP contribution in [0.25, 0.3) is 0 Å². The van der Waals surface area contributed by atoms with E-state index < -0.39 is 23.0 Å². The molecule has 0 unspecified atom stereocenters. The smallest absolute Gasteiger partial charge is 0.169 e. The average Bonchev–Trinajstić information content (AvgIpc) is 1.99. The van der Waals surface area contributed by atoms with Crippen molar-refractivity contribution in [2.45, 2.75) is 27.2 Å². The molecule has 0 aliphatic carbocycles. The number of hydrogen-bond donors (Lipinski definition) is 0. The fourth-order valence-corrected chi connectivity index (χ4v) is 1.44. The number of carbonyl (C=O) groups is 1. The maximum atomic E-state index is 13.4. The summed E-state index contributed by atoms with van der Waals surface area (Å²) in [6, 6.07) is 2.35. The number of aryl methyl sites for hydroxylation is 1. The molecule has 1 rings (SSSR count). The van der Waals surface area contributed by atoms with Gasteiger partial charge in [-0.05, 0) is 30.5 Å². The molecule has 0 heterocycles. The molecule has 0 amide bonds.